The summed E-state index contributed by atoms with van der Waals surface area (Å²) in [5.74, 6) is 4.14. The lowest BCUT2D eigenvalue weighted by molar-refractivity contribution is -0.120. The average molecular weight is 320 g/mol. The first-order valence-corrected chi connectivity index (χ1v) is 10.3. The largest absolute Gasteiger partial charge is 0.393 e. The molecule has 0 bridgehead atoms. The minimum Gasteiger partial charge on any atom is -0.393 e. The highest BCUT2D eigenvalue weighted by Crippen LogP contribution is 2.67. The van der Waals surface area contributed by atoms with Crippen molar-refractivity contribution in [1.82, 2.24) is 0 Å². The second-order valence-corrected chi connectivity index (χ2v) is 10.2. The second kappa shape index (κ2) is 5.46. The molecule has 0 aliphatic heterocycles. The molecule has 0 aromatic heterocycles. The molecule has 9 atom stereocenters. The summed E-state index contributed by atoms with van der Waals surface area (Å²) in [6.07, 6.45) is 12.0. The number of hydrogen-bond acceptors (Lipinski definition) is 2. The van der Waals surface area contributed by atoms with Gasteiger partial charge in [-0.2, -0.15) is 0 Å². The Morgan fingerprint density at radius 1 is 0.913 bits per heavy atom. The van der Waals surface area contributed by atoms with Crippen molar-refractivity contribution >= 4 is 0 Å². The minimum absolute atomic E-state index is 0.124. The fourth-order valence-corrected chi connectivity index (χ4v) is 8.12. The zero-order valence-corrected chi connectivity index (χ0v) is 15.4. The fourth-order valence-electron chi connectivity index (χ4n) is 8.12. The zero-order valence-electron chi connectivity index (χ0n) is 15.4. The average Bonchev–Trinajstić information content (AvgIpc) is 2.85. The van der Waals surface area contributed by atoms with Crippen molar-refractivity contribution in [3.05, 3.63) is 0 Å². The van der Waals surface area contributed by atoms with Crippen LogP contribution in [0.15, 0.2) is 0 Å². The molecule has 2 heteroatoms. The molecule has 4 aliphatic rings. The van der Waals surface area contributed by atoms with Gasteiger partial charge in [0.2, 0.25) is 0 Å². The monoisotopic (exact) mass is 319 g/mol. The van der Waals surface area contributed by atoms with Crippen LogP contribution in [0.1, 0.15) is 78.6 Å². The Morgan fingerprint density at radius 3 is 2.35 bits per heavy atom. The van der Waals surface area contributed by atoms with Crippen molar-refractivity contribution in [3.63, 3.8) is 0 Å². The van der Waals surface area contributed by atoms with E-state index in [0.717, 1.165) is 23.7 Å². The number of aliphatic hydroxyl groups excluding tert-OH is 1. The van der Waals surface area contributed by atoms with E-state index in [4.69, 9.17) is 5.73 Å². The molecule has 132 valence electrons. The zero-order chi connectivity index (χ0) is 16.4. The van der Waals surface area contributed by atoms with Crippen LogP contribution in [-0.4, -0.2) is 17.3 Å². The van der Waals surface area contributed by atoms with Gasteiger partial charge in [-0.25, -0.2) is 0 Å². The van der Waals surface area contributed by atoms with Gasteiger partial charge in [0.1, 0.15) is 0 Å². The Labute approximate surface area is 142 Å². The normalized spacial score (nSPS) is 57.3. The van der Waals surface area contributed by atoms with E-state index in [-0.39, 0.29) is 6.10 Å². The first-order chi connectivity index (χ1) is 10.9. The van der Waals surface area contributed by atoms with Crippen molar-refractivity contribution < 1.29 is 5.11 Å². The number of rotatable bonds is 1. The third-order valence-electron chi connectivity index (χ3n) is 9.36. The smallest absolute Gasteiger partial charge is 0.0545 e. The Morgan fingerprint density at radius 2 is 1.61 bits per heavy atom. The predicted octanol–water partition coefficient (Wildman–Crippen LogP) is 4.35. The molecule has 0 spiro atoms. The van der Waals surface area contributed by atoms with Crippen LogP contribution < -0.4 is 5.73 Å². The van der Waals surface area contributed by atoms with E-state index in [1.54, 1.807) is 0 Å². The third kappa shape index (κ3) is 2.27. The van der Waals surface area contributed by atoms with Crippen LogP contribution in [0, 0.1) is 40.4 Å². The Bertz CT molecular complexity index is 463. The maximum absolute atomic E-state index is 10.3. The van der Waals surface area contributed by atoms with Crippen molar-refractivity contribution in [2.45, 2.75) is 90.7 Å². The van der Waals surface area contributed by atoms with Crippen molar-refractivity contribution in [3.8, 4) is 0 Å². The van der Waals surface area contributed by atoms with E-state index >= 15 is 0 Å². The first kappa shape index (κ1) is 16.4. The third-order valence-corrected chi connectivity index (χ3v) is 9.36. The Balaban J connectivity index is 1.60. The summed E-state index contributed by atoms with van der Waals surface area (Å²) in [6, 6.07) is 0.463. The number of nitrogens with two attached hydrogens (primary N) is 1. The van der Waals surface area contributed by atoms with E-state index in [2.05, 4.69) is 13.8 Å². The number of hydrogen-bond donors (Lipinski definition) is 2. The van der Waals surface area contributed by atoms with E-state index in [0.29, 0.717) is 22.8 Å². The second-order valence-electron chi connectivity index (χ2n) is 10.2. The lowest BCUT2D eigenvalue weighted by Gasteiger charge is -2.61. The Hall–Kier alpha value is -0.0800. The van der Waals surface area contributed by atoms with Crippen molar-refractivity contribution in [2.75, 3.05) is 0 Å². The van der Waals surface area contributed by atoms with Gasteiger partial charge in [-0.1, -0.05) is 13.8 Å². The summed E-state index contributed by atoms with van der Waals surface area (Å²) in [5.41, 5.74) is 7.26. The molecule has 2 nitrogen and oxygen atoms in total. The summed E-state index contributed by atoms with van der Waals surface area (Å²) >= 11 is 0. The van der Waals surface area contributed by atoms with E-state index < -0.39 is 0 Å². The number of aliphatic hydroxyl groups is 1. The Kier molecular flexibility index (Phi) is 3.89. The molecule has 0 heterocycles. The predicted molar refractivity (Wildman–Crippen MR) is 94.9 cm³/mol. The van der Waals surface area contributed by atoms with Crippen LogP contribution in [0.5, 0.6) is 0 Å². The molecule has 4 rings (SSSR count). The van der Waals surface area contributed by atoms with Crippen LogP contribution in [0.4, 0.5) is 0 Å². The van der Waals surface area contributed by atoms with Gasteiger partial charge in [0.05, 0.1) is 6.10 Å². The van der Waals surface area contributed by atoms with Crippen LogP contribution >= 0.6 is 0 Å². The highest BCUT2D eigenvalue weighted by molar-refractivity contribution is 5.09. The van der Waals surface area contributed by atoms with E-state index in [9.17, 15) is 5.11 Å². The number of fused-ring (bicyclic) bond motifs is 5. The molecule has 23 heavy (non-hydrogen) atoms. The van der Waals surface area contributed by atoms with Gasteiger partial charge in [0, 0.05) is 6.04 Å². The fraction of sp³-hybridized carbons (Fsp3) is 1.00. The standard InChI is InChI=1S/C21H37NO/c1-13(23)17-6-7-18-16-5-4-14-12-15(22)8-10-20(14,2)19(16)9-11-21(17,18)3/h13-19,23H,4-12,22H2,1-3H3/t13-,14-,15+,16-,17+,18-,19+,20+,21+/m0/s1. The van der Waals surface area contributed by atoms with Gasteiger partial charge in [-0.05, 0) is 105 Å². The molecule has 0 radical (unpaired) electrons. The molecule has 4 fully saturated rings. The maximum Gasteiger partial charge on any atom is 0.0545 e. The van der Waals surface area contributed by atoms with Gasteiger partial charge in [0.25, 0.3) is 0 Å². The SMILES string of the molecule is C[C@H](O)[C@H]1CC[C@H]2[C@@H]3CC[C@H]4C[C@H](N)CC[C@@]4(C)[C@@H]3CC[C@]12C. The van der Waals surface area contributed by atoms with Crippen molar-refractivity contribution in [2.24, 2.45) is 46.2 Å². The van der Waals surface area contributed by atoms with Gasteiger partial charge in [-0.3, -0.25) is 0 Å². The van der Waals surface area contributed by atoms with E-state index in [1.165, 1.54) is 57.8 Å². The molecule has 3 N–H and O–H groups in total. The van der Waals surface area contributed by atoms with Gasteiger partial charge >= 0.3 is 0 Å². The summed E-state index contributed by atoms with van der Waals surface area (Å²) < 4.78 is 0. The minimum atomic E-state index is -0.124. The lowest BCUT2D eigenvalue weighted by atomic mass is 9.44. The molecule has 0 unspecified atom stereocenters. The van der Waals surface area contributed by atoms with Crippen LogP contribution in [0.25, 0.3) is 0 Å². The molecule has 4 aliphatic carbocycles. The molecule has 0 amide bonds. The van der Waals surface area contributed by atoms with Crippen LogP contribution in [0.2, 0.25) is 0 Å². The van der Waals surface area contributed by atoms with E-state index in [1.807, 2.05) is 6.92 Å². The van der Waals surface area contributed by atoms with Gasteiger partial charge in [-0.15, -0.1) is 0 Å². The molecule has 0 saturated heterocycles. The molecule has 0 aromatic carbocycles. The topological polar surface area (TPSA) is 46.2 Å². The summed E-state index contributed by atoms with van der Waals surface area (Å²) in [6.45, 7) is 7.17. The first-order valence-electron chi connectivity index (χ1n) is 10.3. The maximum atomic E-state index is 10.3. The molecule has 4 saturated carbocycles. The van der Waals surface area contributed by atoms with Gasteiger partial charge < -0.3 is 10.8 Å². The lowest BCUT2D eigenvalue weighted by Crippen LogP contribution is -2.55. The van der Waals surface area contributed by atoms with Crippen molar-refractivity contribution in [1.29, 1.82) is 0 Å². The summed E-state index contributed by atoms with van der Waals surface area (Å²) in [4.78, 5) is 0. The highest BCUT2D eigenvalue weighted by atomic mass is 16.3. The van der Waals surface area contributed by atoms with Gasteiger partial charge in [0.15, 0.2) is 0 Å². The summed E-state index contributed by atoms with van der Waals surface area (Å²) in [5, 5.41) is 10.3. The van der Waals surface area contributed by atoms with Crippen LogP contribution in [0.3, 0.4) is 0 Å². The quantitative estimate of drug-likeness (QED) is 0.754. The molecular formula is C21H37NO. The summed E-state index contributed by atoms with van der Waals surface area (Å²) in [7, 11) is 0. The van der Waals surface area contributed by atoms with Crippen LogP contribution in [-0.2, 0) is 0 Å². The molecular weight excluding hydrogens is 282 g/mol. The molecule has 0 aromatic rings. The highest BCUT2D eigenvalue weighted by Gasteiger charge is 2.60.